The van der Waals surface area contributed by atoms with E-state index in [0.717, 1.165) is 16.8 Å². The third-order valence-corrected chi connectivity index (χ3v) is 6.49. The Hall–Kier alpha value is -3.99. The largest absolute Gasteiger partial charge is 0.316 e. The molecule has 5 rings (SSSR count). The number of anilines is 2. The van der Waals surface area contributed by atoms with Crippen LogP contribution in [0.25, 0.3) is 0 Å². The topological polar surface area (TPSA) is 95.1 Å². The minimum absolute atomic E-state index is 0.0272. The summed E-state index contributed by atoms with van der Waals surface area (Å²) in [5.41, 5.74) is 4.12. The van der Waals surface area contributed by atoms with Crippen molar-refractivity contribution < 1.29 is 9.59 Å². The zero-order chi connectivity index (χ0) is 23.2. The number of nitriles is 1. The van der Waals surface area contributed by atoms with Gasteiger partial charge in [-0.05, 0) is 35.4 Å². The van der Waals surface area contributed by atoms with Crippen LogP contribution in [0.1, 0.15) is 37.0 Å². The summed E-state index contributed by atoms with van der Waals surface area (Å²) in [4.78, 5) is 29.7. The second-order valence-corrected chi connectivity index (χ2v) is 9.36. The molecule has 0 saturated carbocycles. The highest BCUT2D eigenvalue weighted by Gasteiger charge is 2.43. The van der Waals surface area contributed by atoms with E-state index >= 15 is 0 Å². The number of hydrogen-bond donors (Lipinski definition) is 0. The predicted octanol–water partition coefficient (Wildman–Crippen LogP) is 2.88. The lowest BCUT2D eigenvalue weighted by Gasteiger charge is -2.23. The molecule has 2 aliphatic rings. The number of nitrogens with zero attached hydrogens (tertiary/aromatic N) is 6. The highest BCUT2D eigenvalue weighted by Crippen LogP contribution is 2.42. The van der Waals surface area contributed by atoms with Crippen LogP contribution in [-0.4, -0.2) is 39.7 Å². The van der Waals surface area contributed by atoms with E-state index in [0.29, 0.717) is 30.9 Å². The van der Waals surface area contributed by atoms with Crippen LogP contribution in [0.2, 0.25) is 0 Å². The molecule has 8 nitrogen and oxygen atoms in total. The highest BCUT2D eigenvalue weighted by atomic mass is 16.2. The fraction of sp³-hybridized carbons (Fsp3) is 0.320. The molecule has 0 N–H and O–H groups in total. The summed E-state index contributed by atoms with van der Waals surface area (Å²) >= 11 is 0. The van der Waals surface area contributed by atoms with E-state index in [1.807, 2.05) is 21.6 Å². The zero-order valence-electron chi connectivity index (χ0n) is 18.6. The molecule has 1 atom stereocenters. The van der Waals surface area contributed by atoms with Crippen molar-refractivity contribution in [2.75, 3.05) is 22.9 Å². The third-order valence-electron chi connectivity index (χ3n) is 6.49. The van der Waals surface area contributed by atoms with Gasteiger partial charge in [-0.2, -0.15) is 5.26 Å². The van der Waals surface area contributed by atoms with Gasteiger partial charge in [-0.15, -0.1) is 10.2 Å². The summed E-state index contributed by atoms with van der Waals surface area (Å²) in [5, 5.41) is 16.9. The van der Waals surface area contributed by atoms with Crippen LogP contribution >= 0.6 is 0 Å². The summed E-state index contributed by atoms with van der Waals surface area (Å²) in [7, 11) is 0. The van der Waals surface area contributed by atoms with Crippen molar-refractivity contribution in [1.29, 1.82) is 5.26 Å². The van der Waals surface area contributed by atoms with Crippen molar-refractivity contribution >= 4 is 23.2 Å². The number of fused-ring (bicyclic) bond motifs is 1. The molecule has 1 unspecified atom stereocenters. The third kappa shape index (κ3) is 3.76. The van der Waals surface area contributed by atoms with Crippen molar-refractivity contribution in [3.8, 4) is 6.07 Å². The quantitative estimate of drug-likeness (QED) is 0.622. The van der Waals surface area contributed by atoms with E-state index in [-0.39, 0.29) is 23.7 Å². The molecule has 0 spiro atoms. The Kier molecular flexibility index (Phi) is 4.97. The summed E-state index contributed by atoms with van der Waals surface area (Å²) < 4.78 is 1.91. The smallest absolute Gasteiger partial charge is 0.232 e. The van der Waals surface area contributed by atoms with Crippen molar-refractivity contribution in [2.45, 2.75) is 32.2 Å². The van der Waals surface area contributed by atoms with Crippen molar-refractivity contribution in [1.82, 2.24) is 14.8 Å². The van der Waals surface area contributed by atoms with Gasteiger partial charge in [0.05, 0.1) is 24.1 Å². The summed E-state index contributed by atoms with van der Waals surface area (Å²) in [6, 6.07) is 15.2. The Bertz CT molecular complexity index is 1270. The number of benzene rings is 2. The predicted molar refractivity (Wildman–Crippen MR) is 123 cm³/mol. The fourth-order valence-corrected chi connectivity index (χ4v) is 4.82. The molecule has 8 heteroatoms. The molecule has 33 heavy (non-hydrogen) atoms. The lowest BCUT2D eigenvalue weighted by molar-refractivity contribution is -0.124. The molecule has 1 saturated heterocycles. The second-order valence-electron chi connectivity index (χ2n) is 9.36. The van der Waals surface area contributed by atoms with E-state index in [1.54, 1.807) is 41.8 Å². The van der Waals surface area contributed by atoms with Gasteiger partial charge in [0.25, 0.3) is 0 Å². The molecule has 3 aromatic rings. The van der Waals surface area contributed by atoms with Gasteiger partial charge in [0.1, 0.15) is 12.7 Å². The van der Waals surface area contributed by atoms with Gasteiger partial charge in [-0.25, -0.2) is 0 Å². The van der Waals surface area contributed by atoms with Crippen LogP contribution in [0.4, 0.5) is 11.4 Å². The molecule has 1 fully saturated rings. The molecule has 2 amide bonds. The Labute approximate surface area is 192 Å². The molecule has 0 bridgehead atoms. The van der Waals surface area contributed by atoms with Crippen LogP contribution in [0.15, 0.2) is 55.1 Å². The first-order valence-electron chi connectivity index (χ1n) is 10.9. The highest BCUT2D eigenvalue weighted by molar-refractivity contribution is 6.05. The Morgan fingerprint density at radius 2 is 1.97 bits per heavy atom. The van der Waals surface area contributed by atoms with Crippen LogP contribution < -0.4 is 9.80 Å². The average Bonchev–Trinajstić information content (AvgIpc) is 3.52. The fourth-order valence-electron chi connectivity index (χ4n) is 4.82. The summed E-state index contributed by atoms with van der Waals surface area (Å²) in [6.45, 7) is 5.84. The number of carbonyl (C=O) groups is 2. The zero-order valence-corrected chi connectivity index (χ0v) is 18.6. The Balaban J connectivity index is 1.38. The number of aromatic nitrogens is 3. The van der Waals surface area contributed by atoms with E-state index in [2.05, 4.69) is 36.2 Å². The molecule has 0 radical (unpaired) electrons. The van der Waals surface area contributed by atoms with Gasteiger partial charge in [-0.3, -0.25) is 9.59 Å². The van der Waals surface area contributed by atoms with E-state index in [1.165, 1.54) is 0 Å². The Morgan fingerprint density at radius 3 is 2.73 bits per heavy atom. The standard InChI is InChI=1S/C25H24N6O2/c1-25(2)14-31(22-7-6-18(9-21(22)25)12-29-15-27-28-16-29)24(33)19-10-23(32)30(13-19)20-5-3-4-17(8-20)11-26/h3-9,15-16,19H,10,12-14H2,1-2H3. The maximum atomic E-state index is 13.6. The molecule has 3 heterocycles. The molecule has 166 valence electrons. The number of rotatable bonds is 4. The van der Waals surface area contributed by atoms with Gasteiger partial charge in [0, 0.05) is 36.3 Å². The first-order chi connectivity index (χ1) is 15.9. The number of amides is 2. The lowest BCUT2D eigenvalue weighted by atomic mass is 9.86. The van der Waals surface area contributed by atoms with Gasteiger partial charge in [0.15, 0.2) is 0 Å². The minimum Gasteiger partial charge on any atom is -0.316 e. The van der Waals surface area contributed by atoms with Crippen LogP contribution in [-0.2, 0) is 21.5 Å². The molecule has 2 aromatic carbocycles. The number of hydrogen-bond acceptors (Lipinski definition) is 5. The van der Waals surface area contributed by atoms with E-state index < -0.39 is 5.92 Å². The van der Waals surface area contributed by atoms with Crippen LogP contribution in [0.3, 0.4) is 0 Å². The normalized spacial score (nSPS) is 18.9. The monoisotopic (exact) mass is 440 g/mol. The van der Waals surface area contributed by atoms with Crippen LogP contribution in [0.5, 0.6) is 0 Å². The Morgan fingerprint density at radius 1 is 1.18 bits per heavy atom. The van der Waals surface area contributed by atoms with E-state index in [4.69, 9.17) is 5.26 Å². The van der Waals surface area contributed by atoms with Crippen LogP contribution in [0, 0.1) is 17.2 Å². The van der Waals surface area contributed by atoms with Gasteiger partial charge in [-0.1, -0.05) is 32.0 Å². The molecule has 1 aromatic heterocycles. The molecular formula is C25H24N6O2. The van der Waals surface area contributed by atoms with Crippen molar-refractivity contribution in [3.63, 3.8) is 0 Å². The van der Waals surface area contributed by atoms with Gasteiger partial charge < -0.3 is 14.4 Å². The first kappa shape index (κ1) is 20.9. The number of carbonyl (C=O) groups excluding carboxylic acids is 2. The molecular weight excluding hydrogens is 416 g/mol. The minimum atomic E-state index is -0.415. The summed E-state index contributed by atoms with van der Waals surface area (Å²) in [6.07, 6.45) is 3.54. The maximum absolute atomic E-state index is 13.6. The van der Waals surface area contributed by atoms with E-state index in [9.17, 15) is 9.59 Å². The van der Waals surface area contributed by atoms with Crippen molar-refractivity contribution in [3.05, 3.63) is 71.8 Å². The van der Waals surface area contributed by atoms with Gasteiger partial charge >= 0.3 is 0 Å². The maximum Gasteiger partial charge on any atom is 0.232 e. The van der Waals surface area contributed by atoms with Gasteiger partial charge in [0.2, 0.25) is 11.8 Å². The van der Waals surface area contributed by atoms with Crippen molar-refractivity contribution in [2.24, 2.45) is 5.92 Å². The second kappa shape index (κ2) is 7.85. The first-order valence-corrected chi connectivity index (χ1v) is 10.9. The SMILES string of the molecule is CC1(C)CN(C(=O)C2CC(=O)N(c3cccc(C#N)c3)C2)c2ccc(Cn3cnnc3)cc21. The molecule has 2 aliphatic heterocycles. The molecule has 0 aliphatic carbocycles. The lowest BCUT2D eigenvalue weighted by Crippen LogP contribution is -2.39. The summed E-state index contributed by atoms with van der Waals surface area (Å²) in [5.74, 6) is -0.534. The average molecular weight is 441 g/mol.